The van der Waals surface area contributed by atoms with E-state index in [0.29, 0.717) is 6.42 Å². The molecule has 0 amide bonds. The fourth-order valence-corrected chi connectivity index (χ4v) is 1.86. The van der Waals surface area contributed by atoms with E-state index in [-0.39, 0.29) is 0 Å². The lowest BCUT2D eigenvalue weighted by molar-refractivity contribution is 0.168. The second kappa shape index (κ2) is 4.67. The maximum Gasteiger partial charge on any atom is 0.101 e. The standard InChI is InChI=1S/C13H17N3O/c1-9-4-5-11(6-10(9)2)7-13(17)12-8-14-15-16(12)3/h4-6,8,13,17H,7H2,1-3H3. The number of aliphatic hydroxyl groups excluding tert-OH is 1. The number of hydrogen-bond donors (Lipinski definition) is 1. The molecule has 4 nitrogen and oxygen atoms in total. The van der Waals surface area contributed by atoms with Crippen molar-refractivity contribution in [1.29, 1.82) is 0 Å². The Balaban J connectivity index is 2.16. The Kier molecular flexibility index (Phi) is 3.24. The Bertz CT molecular complexity index is 519. The first-order valence-corrected chi connectivity index (χ1v) is 5.66. The highest BCUT2D eigenvalue weighted by atomic mass is 16.3. The van der Waals surface area contributed by atoms with Gasteiger partial charge in [-0.1, -0.05) is 23.4 Å². The maximum absolute atomic E-state index is 10.1. The lowest BCUT2D eigenvalue weighted by atomic mass is 10.0. The van der Waals surface area contributed by atoms with Crippen LogP contribution in [0, 0.1) is 13.8 Å². The highest BCUT2D eigenvalue weighted by molar-refractivity contribution is 5.30. The van der Waals surface area contributed by atoms with Crippen LogP contribution in [0.1, 0.15) is 28.5 Å². The highest BCUT2D eigenvalue weighted by Crippen LogP contribution is 2.18. The molecule has 0 bridgehead atoms. The van der Waals surface area contributed by atoms with Crippen LogP contribution in [0.2, 0.25) is 0 Å². The third-order valence-corrected chi connectivity index (χ3v) is 3.09. The fraction of sp³-hybridized carbons (Fsp3) is 0.385. The molecule has 0 spiro atoms. The van der Waals surface area contributed by atoms with Crippen LogP contribution in [0.25, 0.3) is 0 Å². The average Bonchev–Trinajstić information content (AvgIpc) is 2.70. The summed E-state index contributed by atoms with van der Waals surface area (Å²) in [6.07, 6.45) is 1.63. The molecule has 0 saturated heterocycles. The van der Waals surface area contributed by atoms with Gasteiger partial charge in [0.25, 0.3) is 0 Å². The summed E-state index contributed by atoms with van der Waals surface area (Å²) in [6.45, 7) is 4.16. The van der Waals surface area contributed by atoms with Crippen molar-refractivity contribution in [3.05, 3.63) is 46.8 Å². The molecule has 1 unspecified atom stereocenters. The largest absolute Gasteiger partial charge is 0.386 e. The third-order valence-electron chi connectivity index (χ3n) is 3.09. The predicted molar refractivity (Wildman–Crippen MR) is 65.6 cm³/mol. The van der Waals surface area contributed by atoms with Crippen molar-refractivity contribution in [3.63, 3.8) is 0 Å². The van der Waals surface area contributed by atoms with Crippen LogP contribution in [0.5, 0.6) is 0 Å². The summed E-state index contributed by atoms with van der Waals surface area (Å²) in [7, 11) is 1.78. The zero-order valence-electron chi connectivity index (χ0n) is 10.4. The molecule has 0 radical (unpaired) electrons. The number of aromatic nitrogens is 3. The molecular weight excluding hydrogens is 214 g/mol. The van der Waals surface area contributed by atoms with Gasteiger partial charge in [0.1, 0.15) is 6.10 Å². The number of hydrogen-bond acceptors (Lipinski definition) is 3. The van der Waals surface area contributed by atoms with E-state index in [0.717, 1.165) is 11.3 Å². The quantitative estimate of drug-likeness (QED) is 0.874. The Labute approximate surface area is 101 Å². The van der Waals surface area contributed by atoms with Gasteiger partial charge in [-0.05, 0) is 30.5 Å². The van der Waals surface area contributed by atoms with Crippen molar-refractivity contribution < 1.29 is 5.11 Å². The fourth-order valence-electron chi connectivity index (χ4n) is 1.86. The highest BCUT2D eigenvalue weighted by Gasteiger charge is 2.13. The summed E-state index contributed by atoms with van der Waals surface area (Å²) in [6, 6.07) is 6.25. The van der Waals surface area contributed by atoms with Crippen LogP contribution in [0.4, 0.5) is 0 Å². The van der Waals surface area contributed by atoms with E-state index in [2.05, 4.69) is 42.4 Å². The first-order chi connectivity index (χ1) is 8.08. The van der Waals surface area contributed by atoms with Gasteiger partial charge < -0.3 is 5.11 Å². The monoisotopic (exact) mass is 231 g/mol. The summed E-state index contributed by atoms with van der Waals surface area (Å²) in [5.41, 5.74) is 4.38. The zero-order valence-corrected chi connectivity index (χ0v) is 10.4. The van der Waals surface area contributed by atoms with Crippen LogP contribution in [-0.2, 0) is 13.5 Å². The molecule has 0 fully saturated rings. The number of benzene rings is 1. The number of rotatable bonds is 3. The van der Waals surface area contributed by atoms with E-state index in [1.807, 2.05) is 0 Å². The lowest BCUT2D eigenvalue weighted by Gasteiger charge is -2.11. The van der Waals surface area contributed by atoms with E-state index in [4.69, 9.17) is 0 Å². The van der Waals surface area contributed by atoms with Gasteiger partial charge in [0.2, 0.25) is 0 Å². The van der Waals surface area contributed by atoms with Gasteiger partial charge >= 0.3 is 0 Å². The Morgan fingerprint density at radius 2 is 2.06 bits per heavy atom. The summed E-state index contributed by atoms with van der Waals surface area (Å²) in [5.74, 6) is 0. The molecule has 90 valence electrons. The van der Waals surface area contributed by atoms with Crippen molar-refractivity contribution in [3.8, 4) is 0 Å². The van der Waals surface area contributed by atoms with Crippen LogP contribution in [0.15, 0.2) is 24.4 Å². The normalized spacial score (nSPS) is 12.7. The van der Waals surface area contributed by atoms with Crippen molar-refractivity contribution in [2.24, 2.45) is 7.05 Å². The molecule has 0 aliphatic heterocycles. The molecule has 1 heterocycles. The topological polar surface area (TPSA) is 50.9 Å². The second-order valence-corrected chi connectivity index (χ2v) is 4.42. The minimum atomic E-state index is -0.558. The van der Waals surface area contributed by atoms with Crippen LogP contribution in [0.3, 0.4) is 0 Å². The van der Waals surface area contributed by atoms with Gasteiger partial charge in [-0.2, -0.15) is 0 Å². The molecule has 1 aromatic carbocycles. The minimum Gasteiger partial charge on any atom is -0.386 e. The molecule has 2 rings (SSSR count). The molecule has 0 aliphatic rings. The van der Waals surface area contributed by atoms with Crippen molar-refractivity contribution in [1.82, 2.24) is 15.0 Å². The van der Waals surface area contributed by atoms with Gasteiger partial charge in [-0.25, -0.2) is 4.68 Å². The summed E-state index contributed by atoms with van der Waals surface area (Å²) in [5, 5.41) is 17.7. The summed E-state index contributed by atoms with van der Waals surface area (Å²) >= 11 is 0. The number of nitrogens with zero attached hydrogens (tertiary/aromatic N) is 3. The molecule has 17 heavy (non-hydrogen) atoms. The first-order valence-electron chi connectivity index (χ1n) is 5.66. The molecule has 0 saturated carbocycles. The molecular formula is C13H17N3O. The van der Waals surface area contributed by atoms with Gasteiger partial charge in [0.05, 0.1) is 11.9 Å². The molecule has 1 atom stereocenters. The Morgan fingerprint density at radius 3 is 2.65 bits per heavy atom. The summed E-state index contributed by atoms with van der Waals surface area (Å²) < 4.78 is 1.60. The molecule has 0 aliphatic carbocycles. The SMILES string of the molecule is Cc1ccc(CC(O)c2cnnn2C)cc1C. The van der Waals surface area contributed by atoms with Gasteiger partial charge in [0.15, 0.2) is 0 Å². The van der Waals surface area contributed by atoms with Crippen LogP contribution < -0.4 is 0 Å². The Morgan fingerprint density at radius 1 is 1.29 bits per heavy atom. The number of aryl methyl sites for hydroxylation is 3. The first kappa shape index (κ1) is 11.8. The van der Waals surface area contributed by atoms with Gasteiger partial charge in [-0.3, -0.25) is 0 Å². The van der Waals surface area contributed by atoms with E-state index in [1.165, 1.54) is 11.1 Å². The van der Waals surface area contributed by atoms with Crippen LogP contribution in [-0.4, -0.2) is 20.1 Å². The van der Waals surface area contributed by atoms with E-state index >= 15 is 0 Å². The van der Waals surface area contributed by atoms with Crippen molar-refractivity contribution in [2.75, 3.05) is 0 Å². The number of aliphatic hydroxyl groups is 1. The molecule has 2 aromatic rings. The van der Waals surface area contributed by atoms with Crippen molar-refractivity contribution in [2.45, 2.75) is 26.4 Å². The minimum absolute atomic E-state index is 0.558. The van der Waals surface area contributed by atoms with E-state index < -0.39 is 6.10 Å². The van der Waals surface area contributed by atoms with Crippen molar-refractivity contribution >= 4 is 0 Å². The average molecular weight is 231 g/mol. The molecule has 4 heteroatoms. The predicted octanol–water partition coefficient (Wildman–Crippen LogP) is 1.71. The van der Waals surface area contributed by atoms with Gasteiger partial charge in [0, 0.05) is 13.5 Å². The third kappa shape index (κ3) is 2.53. The zero-order chi connectivity index (χ0) is 12.4. The smallest absolute Gasteiger partial charge is 0.101 e. The Hall–Kier alpha value is -1.68. The molecule has 1 aromatic heterocycles. The molecule has 1 N–H and O–H groups in total. The lowest BCUT2D eigenvalue weighted by Crippen LogP contribution is -2.08. The van der Waals surface area contributed by atoms with Gasteiger partial charge in [-0.15, -0.1) is 5.10 Å². The maximum atomic E-state index is 10.1. The van der Waals surface area contributed by atoms with E-state index in [1.54, 1.807) is 17.9 Å². The van der Waals surface area contributed by atoms with E-state index in [9.17, 15) is 5.11 Å². The second-order valence-electron chi connectivity index (χ2n) is 4.42. The van der Waals surface area contributed by atoms with Crippen LogP contribution >= 0.6 is 0 Å². The summed E-state index contributed by atoms with van der Waals surface area (Å²) in [4.78, 5) is 0.